The Kier molecular flexibility index (Phi) is 4.87. The molecule has 8 heteroatoms. The lowest BCUT2D eigenvalue weighted by molar-refractivity contribution is -0.138. The Morgan fingerprint density at radius 3 is 2.17 bits per heavy atom. The van der Waals surface area contributed by atoms with Gasteiger partial charge < -0.3 is 21.7 Å². The van der Waals surface area contributed by atoms with Gasteiger partial charge in [-0.3, -0.25) is 19.2 Å². The van der Waals surface area contributed by atoms with Gasteiger partial charge in [0.2, 0.25) is 23.6 Å². The van der Waals surface area contributed by atoms with Gasteiger partial charge in [0.1, 0.15) is 5.92 Å². The van der Waals surface area contributed by atoms with Gasteiger partial charge in [-0.25, -0.2) is 0 Å². The van der Waals surface area contributed by atoms with Gasteiger partial charge in [-0.05, 0) is 43.5 Å². The third-order valence-electron chi connectivity index (χ3n) is 3.90. The maximum absolute atomic E-state index is 12.5. The molecule has 0 radical (unpaired) electrons. The molecule has 0 saturated carbocycles. The van der Waals surface area contributed by atoms with Crippen LogP contribution in [0.2, 0.25) is 0 Å². The zero-order chi connectivity index (χ0) is 18.0. The highest BCUT2D eigenvalue weighted by Crippen LogP contribution is 2.27. The molecule has 128 valence electrons. The van der Waals surface area contributed by atoms with Gasteiger partial charge in [-0.1, -0.05) is 6.07 Å². The van der Waals surface area contributed by atoms with Gasteiger partial charge in [0.05, 0.1) is 0 Å². The van der Waals surface area contributed by atoms with E-state index >= 15 is 0 Å². The summed E-state index contributed by atoms with van der Waals surface area (Å²) >= 11 is 0. The van der Waals surface area contributed by atoms with E-state index in [0.29, 0.717) is 12.2 Å². The maximum atomic E-state index is 12.5. The van der Waals surface area contributed by atoms with Crippen LogP contribution in [-0.2, 0) is 19.2 Å². The number of primary amides is 2. The van der Waals surface area contributed by atoms with Crippen molar-refractivity contribution in [1.82, 2.24) is 5.32 Å². The molecule has 1 saturated heterocycles. The lowest BCUT2D eigenvalue weighted by Crippen LogP contribution is -2.54. The maximum Gasteiger partial charge on any atom is 0.249 e. The van der Waals surface area contributed by atoms with E-state index in [-0.39, 0.29) is 12.3 Å². The number of amides is 4. The zero-order valence-corrected chi connectivity index (χ0v) is 13.5. The minimum atomic E-state index is -1.62. The van der Waals surface area contributed by atoms with Crippen molar-refractivity contribution in [3.05, 3.63) is 29.3 Å². The van der Waals surface area contributed by atoms with Crippen LogP contribution in [0.15, 0.2) is 18.2 Å². The van der Waals surface area contributed by atoms with E-state index < -0.39 is 29.7 Å². The summed E-state index contributed by atoms with van der Waals surface area (Å²) in [4.78, 5) is 48.5. The summed E-state index contributed by atoms with van der Waals surface area (Å²) in [5.41, 5.74) is 12.8. The molecule has 1 aromatic carbocycles. The van der Waals surface area contributed by atoms with Crippen LogP contribution in [0.4, 0.5) is 5.69 Å². The molecule has 0 aromatic heterocycles. The molecular weight excluding hydrogens is 312 g/mol. The second-order valence-electron chi connectivity index (χ2n) is 5.92. The number of nitrogens with zero attached hydrogens (tertiary/aromatic N) is 1. The van der Waals surface area contributed by atoms with Crippen molar-refractivity contribution in [3.63, 3.8) is 0 Å². The molecule has 1 aliphatic rings. The first kappa shape index (κ1) is 17.5. The Morgan fingerprint density at radius 1 is 1.12 bits per heavy atom. The summed E-state index contributed by atoms with van der Waals surface area (Å²) in [6.45, 7) is 4.22. The van der Waals surface area contributed by atoms with E-state index in [9.17, 15) is 19.2 Å². The molecule has 1 aliphatic heterocycles. The molecular formula is C16H20N4O4. The third-order valence-corrected chi connectivity index (χ3v) is 3.90. The molecule has 0 spiro atoms. The van der Waals surface area contributed by atoms with Crippen molar-refractivity contribution in [2.75, 3.05) is 11.4 Å². The molecule has 1 fully saturated rings. The lowest BCUT2D eigenvalue weighted by atomic mass is 10.1. The fourth-order valence-electron chi connectivity index (χ4n) is 2.81. The Balaban J connectivity index is 2.14. The average Bonchev–Trinajstić information content (AvgIpc) is 2.84. The monoisotopic (exact) mass is 332 g/mol. The highest BCUT2D eigenvalue weighted by Gasteiger charge is 2.39. The SMILES string of the molecule is Cc1cc(C)cc(N2CCC(C(=O)NC(C(N)=O)C(N)=O)C2=O)c1. The fraction of sp³-hybridized carbons (Fsp3) is 0.375. The van der Waals surface area contributed by atoms with Crippen molar-refractivity contribution in [2.24, 2.45) is 17.4 Å². The molecule has 1 aromatic rings. The third kappa shape index (κ3) is 3.53. The predicted molar refractivity (Wildman–Crippen MR) is 86.7 cm³/mol. The van der Waals surface area contributed by atoms with E-state index in [1.807, 2.05) is 32.0 Å². The first-order valence-corrected chi connectivity index (χ1v) is 7.49. The normalized spacial score (nSPS) is 17.2. The minimum absolute atomic E-state index is 0.280. The van der Waals surface area contributed by atoms with Crippen LogP contribution in [0, 0.1) is 19.8 Å². The molecule has 24 heavy (non-hydrogen) atoms. The second-order valence-corrected chi connectivity index (χ2v) is 5.92. The van der Waals surface area contributed by atoms with Gasteiger partial charge in [0.25, 0.3) is 0 Å². The standard InChI is InChI=1S/C16H20N4O4/c1-8-5-9(2)7-10(6-8)20-4-3-11(16(20)24)15(23)19-12(13(17)21)14(18)22/h5-7,11-12H,3-4H2,1-2H3,(H2,17,21)(H2,18,22)(H,19,23). The quantitative estimate of drug-likeness (QED) is 0.603. The number of hydrogen-bond donors (Lipinski definition) is 3. The molecule has 1 atom stereocenters. The number of anilines is 1. The smallest absolute Gasteiger partial charge is 0.249 e. The Labute approximate surface area is 139 Å². The van der Waals surface area contributed by atoms with Crippen molar-refractivity contribution in [2.45, 2.75) is 26.3 Å². The van der Waals surface area contributed by atoms with E-state index in [1.165, 1.54) is 4.90 Å². The molecule has 0 bridgehead atoms. The Hall–Kier alpha value is -2.90. The Morgan fingerprint density at radius 2 is 1.67 bits per heavy atom. The topological polar surface area (TPSA) is 136 Å². The van der Waals surface area contributed by atoms with Crippen molar-refractivity contribution in [1.29, 1.82) is 0 Å². The fourth-order valence-corrected chi connectivity index (χ4v) is 2.81. The van der Waals surface area contributed by atoms with Crippen LogP contribution in [0.25, 0.3) is 0 Å². The van der Waals surface area contributed by atoms with E-state index in [2.05, 4.69) is 5.32 Å². The second kappa shape index (κ2) is 6.69. The highest BCUT2D eigenvalue weighted by atomic mass is 16.2. The number of benzene rings is 1. The van der Waals surface area contributed by atoms with Crippen molar-refractivity contribution >= 4 is 29.3 Å². The lowest BCUT2D eigenvalue weighted by Gasteiger charge is -2.19. The molecule has 5 N–H and O–H groups in total. The minimum Gasteiger partial charge on any atom is -0.367 e. The van der Waals surface area contributed by atoms with Gasteiger partial charge in [-0.15, -0.1) is 0 Å². The van der Waals surface area contributed by atoms with Gasteiger partial charge in [-0.2, -0.15) is 0 Å². The van der Waals surface area contributed by atoms with E-state index in [4.69, 9.17) is 11.5 Å². The molecule has 1 unspecified atom stereocenters. The zero-order valence-electron chi connectivity index (χ0n) is 13.5. The first-order chi connectivity index (χ1) is 11.2. The highest BCUT2D eigenvalue weighted by molar-refractivity contribution is 6.12. The number of hydrogen-bond acceptors (Lipinski definition) is 4. The number of carbonyl (C=O) groups is 4. The molecule has 8 nitrogen and oxygen atoms in total. The van der Waals surface area contributed by atoms with Crippen LogP contribution in [-0.4, -0.2) is 36.2 Å². The molecule has 2 rings (SSSR count). The largest absolute Gasteiger partial charge is 0.367 e. The number of aryl methyl sites for hydroxylation is 2. The van der Waals surface area contributed by atoms with Gasteiger partial charge in [0, 0.05) is 12.2 Å². The van der Waals surface area contributed by atoms with Gasteiger partial charge in [0.15, 0.2) is 6.04 Å². The number of carbonyl (C=O) groups excluding carboxylic acids is 4. The molecule has 1 heterocycles. The summed E-state index contributed by atoms with van der Waals surface area (Å²) in [6.07, 6.45) is 0.280. The predicted octanol–water partition coefficient (Wildman–Crippen LogP) is -0.888. The van der Waals surface area contributed by atoms with E-state index in [1.54, 1.807) is 0 Å². The summed E-state index contributed by atoms with van der Waals surface area (Å²) < 4.78 is 0. The van der Waals surface area contributed by atoms with Crippen LogP contribution in [0.5, 0.6) is 0 Å². The number of rotatable bonds is 5. The van der Waals surface area contributed by atoms with Crippen LogP contribution in [0.1, 0.15) is 17.5 Å². The summed E-state index contributed by atoms with van der Waals surface area (Å²) in [6, 6.07) is 4.08. The Bertz CT molecular complexity index is 682. The number of nitrogens with two attached hydrogens (primary N) is 2. The van der Waals surface area contributed by atoms with Crippen LogP contribution < -0.4 is 21.7 Å². The molecule has 4 amide bonds. The average molecular weight is 332 g/mol. The van der Waals surface area contributed by atoms with Crippen LogP contribution >= 0.6 is 0 Å². The van der Waals surface area contributed by atoms with Crippen molar-refractivity contribution in [3.8, 4) is 0 Å². The van der Waals surface area contributed by atoms with Crippen molar-refractivity contribution < 1.29 is 19.2 Å². The summed E-state index contributed by atoms with van der Waals surface area (Å²) in [7, 11) is 0. The number of nitrogens with one attached hydrogen (secondary N) is 1. The molecule has 0 aliphatic carbocycles. The van der Waals surface area contributed by atoms with Crippen LogP contribution in [0.3, 0.4) is 0 Å². The van der Waals surface area contributed by atoms with Gasteiger partial charge >= 0.3 is 0 Å². The first-order valence-electron chi connectivity index (χ1n) is 7.49. The van der Waals surface area contributed by atoms with E-state index in [0.717, 1.165) is 11.1 Å². The summed E-state index contributed by atoms with van der Waals surface area (Å²) in [5, 5.41) is 2.15. The summed E-state index contributed by atoms with van der Waals surface area (Å²) in [5.74, 6) is -4.22.